The van der Waals surface area contributed by atoms with E-state index in [0.717, 1.165) is 0 Å². The highest BCUT2D eigenvalue weighted by atomic mass is 13.9. The molecule has 146 valence electrons. The lowest BCUT2D eigenvalue weighted by Gasteiger charge is -1.94. The van der Waals surface area contributed by atoms with Crippen molar-refractivity contribution in [3.63, 3.8) is 0 Å². The molecule has 0 heteroatoms. The Morgan fingerprint density at radius 2 is 0.538 bits per heavy atom. The second-order valence-electron chi connectivity index (χ2n) is 6.62. The molecule has 0 saturated heterocycles. The van der Waals surface area contributed by atoms with Crippen molar-refractivity contribution < 1.29 is 0 Å². The highest BCUT2D eigenvalue weighted by molar-refractivity contribution is 4.92. The van der Waals surface area contributed by atoms with E-state index >= 15 is 0 Å². The van der Waals surface area contributed by atoms with Crippen LogP contribution in [0.5, 0.6) is 0 Å². The summed E-state index contributed by atoms with van der Waals surface area (Å²) >= 11 is 0. The van der Waals surface area contributed by atoms with Crippen molar-refractivity contribution in [2.45, 2.75) is 90.9 Å². The average molecular weight is 355 g/mol. The molecule has 0 rings (SSSR count). The molecular formula is C26H42. The van der Waals surface area contributed by atoms with Crippen LogP contribution in [0.25, 0.3) is 0 Å². The number of unbranched alkanes of at least 4 members (excludes halogenated alkanes) is 7. The van der Waals surface area contributed by atoms with Crippen LogP contribution in [-0.4, -0.2) is 0 Å². The van der Waals surface area contributed by atoms with E-state index in [0.29, 0.717) is 0 Å². The van der Waals surface area contributed by atoms with Gasteiger partial charge in [0.1, 0.15) is 0 Å². The molecule has 0 aromatic rings. The first-order chi connectivity index (χ1) is 12.9. The van der Waals surface area contributed by atoms with Crippen LogP contribution in [0.3, 0.4) is 0 Å². The van der Waals surface area contributed by atoms with Gasteiger partial charge in [-0.2, -0.15) is 0 Å². The van der Waals surface area contributed by atoms with Gasteiger partial charge in [0.2, 0.25) is 0 Å². The fraction of sp³-hybridized carbons (Fsp3) is 0.538. The zero-order valence-corrected chi connectivity index (χ0v) is 17.4. The van der Waals surface area contributed by atoms with E-state index < -0.39 is 0 Å². The molecule has 0 aromatic heterocycles. The molecule has 0 nitrogen and oxygen atoms in total. The third-order valence-corrected chi connectivity index (χ3v) is 4.13. The molecule has 0 heterocycles. The van der Waals surface area contributed by atoms with Crippen LogP contribution < -0.4 is 0 Å². The van der Waals surface area contributed by atoms with Crippen molar-refractivity contribution in [2.75, 3.05) is 0 Å². The van der Waals surface area contributed by atoms with Gasteiger partial charge in [-0.25, -0.2) is 0 Å². The van der Waals surface area contributed by atoms with E-state index in [-0.39, 0.29) is 0 Å². The Kier molecular flexibility index (Phi) is 22.0. The van der Waals surface area contributed by atoms with Gasteiger partial charge in [-0.3, -0.25) is 0 Å². The van der Waals surface area contributed by atoms with Gasteiger partial charge in [0, 0.05) is 0 Å². The summed E-state index contributed by atoms with van der Waals surface area (Å²) in [6.45, 7) is 4.16. The molecule has 0 saturated carbocycles. The quantitative estimate of drug-likeness (QED) is 0.180. The van der Waals surface area contributed by atoms with Crippen molar-refractivity contribution in [1.82, 2.24) is 0 Å². The largest absolute Gasteiger partial charge is 0.0917 e. The molecule has 0 fully saturated rings. The Balaban J connectivity index is 3.32. The second-order valence-corrected chi connectivity index (χ2v) is 6.62. The van der Waals surface area contributed by atoms with E-state index in [1.54, 1.807) is 0 Å². The first-order valence-electron chi connectivity index (χ1n) is 10.7. The molecule has 0 aliphatic carbocycles. The van der Waals surface area contributed by atoms with Gasteiger partial charge in [-0.1, -0.05) is 72.9 Å². The van der Waals surface area contributed by atoms with E-state index in [9.17, 15) is 0 Å². The maximum Gasteiger partial charge on any atom is -0.0316 e. The predicted octanol–water partition coefficient (Wildman–Crippen LogP) is 9.04. The minimum absolute atomic E-state index is 1.17. The maximum atomic E-state index is 2.36. The fourth-order valence-electron chi connectivity index (χ4n) is 2.57. The number of hydrogen-bond donors (Lipinski definition) is 0. The molecule has 26 heavy (non-hydrogen) atoms. The normalized spacial score (nSPS) is 13.2. The Morgan fingerprint density at radius 1 is 0.308 bits per heavy atom. The predicted molar refractivity (Wildman–Crippen MR) is 122 cm³/mol. The molecule has 0 N–H and O–H groups in total. The molecule has 0 unspecified atom stereocenters. The highest BCUT2D eigenvalue weighted by Crippen LogP contribution is 2.05. The molecule has 0 spiro atoms. The monoisotopic (exact) mass is 354 g/mol. The zero-order chi connectivity index (χ0) is 19.0. The van der Waals surface area contributed by atoms with Gasteiger partial charge < -0.3 is 0 Å². The van der Waals surface area contributed by atoms with E-state index in [1.807, 2.05) is 0 Å². The molecule has 0 atom stereocenters. The topological polar surface area (TPSA) is 0 Å². The van der Waals surface area contributed by atoms with Crippen LogP contribution in [0.4, 0.5) is 0 Å². The van der Waals surface area contributed by atoms with Crippen molar-refractivity contribution in [3.8, 4) is 0 Å². The van der Waals surface area contributed by atoms with Crippen molar-refractivity contribution >= 4 is 0 Å². The van der Waals surface area contributed by atoms with Gasteiger partial charge in [0.05, 0.1) is 0 Å². The minimum Gasteiger partial charge on any atom is -0.0917 e. The maximum absolute atomic E-state index is 2.36. The third-order valence-electron chi connectivity index (χ3n) is 4.13. The Labute approximate surface area is 164 Å². The molecule has 0 aliphatic rings. The second kappa shape index (κ2) is 23.4. The summed E-state index contributed by atoms with van der Waals surface area (Å²) in [5, 5.41) is 0. The van der Waals surface area contributed by atoms with Crippen molar-refractivity contribution in [2.24, 2.45) is 0 Å². The molecular weight excluding hydrogens is 312 g/mol. The average Bonchev–Trinajstić information content (AvgIpc) is 2.66. The number of allylic oxidation sites excluding steroid dienone is 12. The number of rotatable bonds is 17. The molecule has 0 amide bonds. The highest BCUT2D eigenvalue weighted by Gasteiger charge is 1.84. The molecule has 0 radical (unpaired) electrons. The van der Waals surface area contributed by atoms with Gasteiger partial charge in [0.25, 0.3) is 0 Å². The Bertz CT molecular complexity index is 429. The Morgan fingerprint density at radius 3 is 0.808 bits per heavy atom. The standard InChI is InChI=1S/C26H42/c1-3-5-7-9-11-13-15-17-19-21-23-25-26-24-22-20-18-16-14-12-10-8-6-4-2/h3-6,11-14,19,21,24,26H,7-10,15-18,20,22-23,25H2,1-2H3/b5-3+,6-4+,13-11+,14-12+,21-19+,26-24+. The van der Waals surface area contributed by atoms with Gasteiger partial charge in [0.15, 0.2) is 0 Å². The number of hydrogen-bond acceptors (Lipinski definition) is 0. The fourth-order valence-corrected chi connectivity index (χ4v) is 2.57. The molecule has 0 aliphatic heterocycles. The van der Waals surface area contributed by atoms with Crippen molar-refractivity contribution in [3.05, 3.63) is 72.9 Å². The molecule has 0 aromatic carbocycles. The van der Waals surface area contributed by atoms with Crippen LogP contribution in [-0.2, 0) is 0 Å². The van der Waals surface area contributed by atoms with Crippen LogP contribution >= 0.6 is 0 Å². The lowest BCUT2D eigenvalue weighted by molar-refractivity contribution is 0.758. The van der Waals surface area contributed by atoms with E-state index in [2.05, 4.69) is 86.8 Å². The summed E-state index contributed by atoms with van der Waals surface area (Å²) in [7, 11) is 0. The van der Waals surface area contributed by atoms with E-state index in [1.165, 1.54) is 77.0 Å². The van der Waals surface area contributed by atoms with Crippen LogP contribution in [0.2, 0.25) is 0 Å². The SMILES string of the molecule is C/C=C/CC/C=C/CC/C=C/CC/C=C/CCCC/C=C/CC/C=C/C. The summed E-state index contributed by atoms with van der Waals surface area (Å²) in [5.74, 6) is 0. The van der Waals surface area contributed by atoms with Crippen LogP contribution in [0.15, 0.2) is 72.9 Å². The lowest BCUT2D eigenvalue weighted by atomic mass is 10.1. The Hall–Kier alpha value is -1.56. The minimum atomic E-state index is 1.17. The smallest absolute Gasteiger partial charge is 0.0316 e. The lowest BCUT2D eigenvalue weighted by Crippen LogP contribution is -1.73. The first kappa shape index (κ1) is 24.4. The van der Waals surface area contributed by atoms with Gasteiger partial charge >= 0.3 is 0 Å². The van der Waals surface area contributed by atoms with E-state index in [4.69, 9.17) is 0 Å². The summed E-state index contributed by atoms with van der Waals surface area (Å²) < 4.78 is 0. The first-order valence-corrected chi connectivity index (χ1v) is 10.7. The van der Waals surface area contributed by atoms with Gasteiger partial charge in [-0.05, 0) is 90.9 Å². The molecule has 0 bridgehead atoms. The van der Waals surface area contributed by atoms with Crippen molar-refractivity contribution in [1.29, 1.82) is 0 Å². The summed E-state index contributed by atoms with van der Waals surface area (Å²) in [6, 6.07) is 0. The van der Waals surface area contributed by atoms with Crippen LogP contribution in [0.1, 0.15) is 90.9 Å². The summed E-state index contributed by atoms with van der Waals surface area (Å²) in [5.41, 5.74) is 0. The summed E-state index contributed by atoms with van der Waals surface area (Å²) in [4.78, 5) is 0. The third kappa shape index (κ3) is 22.4. The van der Waals surface area contributed by atoms with Gasteiger partial charge in [-0.15, -0.1) is 0 Å². The summed E-state index contributed by atoms with van der Waals surface area (Å²) in [6.07, 6.45) is 41.8. The zero-order valence-electron chi connectivity index (χ0n) is 17.4. The van der Waals surface area contributed by atoms with Crippen LogP contribution in [0, 0.1) is 0 Å².